The van der Waals surface area contributed by atoms with Crippen LogP contribution in [0.1, 0.15) is 16.8 Å². The number of carbonyl (C=O) groups excluding carboxylic acids is 1. The van der Waals surface area contributed by atoms with E-state index in [1.165, 1.54) is 18.0 Å². The van der Waals surface area contributed by atoms with Crippen molar-refractivity contribution in [1.29, 1.82) is 0 Å². The van der Waals surface area contributed by atoms with Crippen LogP contribution in [0, 0.1) is 0 Å². The predicted octanol–water partition coefficient (Wildman–Crippen LogP) is 1.40. The Balaban J connectivity index is 1.77. The molecule has 0 aliphatic rings. The van der Waals surface area contributed by atoms with E-state index in [2.05, 4.69) is 20.4 Å². The van der Waals surface area contributed by atoms with Gasteiger partial charge in [0, 0.05) is 44.9 Å². The number of nitrogens with zero attached hydrogens (tertiary/aromatic N) is 3. The monoisotopic (exact) mass is 383 g/mol. The Hall–Kier alpha value is -3.46. The first-order chi connectivity index (χ1) is 13.6. The molecule has 3 rings (SSSR count). The lowest BCUT2D eigenvalue weighted by Gasteiger charge is -2.05. The summed E-state index contributed by atoms with van der Waals surface area (Å²) in [6, 6.07) is 6.64. The van der Waals surface area contributed by atoms with Crippen LogP contribution in [0.5, 0.6) is 5.88 Å². The third-order valence-corrected chi connectivity index (χ3v) is 4.08. The second-order valence-corrected chi connectivity index (χ2v) is 5.92. The van der Waals surface area contributed by atoms with Crippen molar-refractivity contribution in [3.8, 4) is 22.8 Å². The van der Waals surface area contributed by atoms with Crippen LogP contribution in [0.2, 0.25) is 0 Å². The van der Waals surface area contributed by atoms with Gasteiger partial charge in [0.1, 0.15) is 0 Å². The molecule has 0 bridgehead atoms. The largest absolute Gasteiger partial charge is 0.481 e. The fourth-order valence-corrected chi connectivity index (χ4v) is 2.61. The fraction of sp³-hybridized carbons (Fsp3) is 0.263. The third-order valence-electron chi connectivity index (χ3n) is 4.08. The number of amides is 1. The van der Waals surface area contributed by atoms with Crippen LogP contribution in [0.25, 0.3) is 16.9 Å². The molecule has 0 spiro atoms. The lowest BCUT2D eigenvalue weighted by molar-refractivity contribution is 0.0948. The minimum atomic E-state index is -0.266. The maximum Gasteiger partial charge on any atom is 0.280 e. The number of aromatic nitrogens is 4. The van der Waals surface area contributed by atoms with Crippen LogP contribution in [-0.2, 0) is 4.74 Å². The zero-order valence-corrected chi connectivity index (χ0v) is 15.6. The summed E-state index contributed by atoms with van der Waals surface area (Å²) in [6.45, 7) is 1.10. The Kier molecular flexibility index (Phi) is 6.18. The zero-order chi connectivity index (χ0) is 19.9. The molecule has 0 atom stereocenters. The molecule has 3 aromatic rings. The molecule has 2 N–H and O–H groups in total. The van der Waals surface area contributed by atoms with E-state index in [-0.39, 0.29) is 11.5 Å². The Bertz CT molecular complexity index is 994. The Morgan fingerprint density at radius 2 is 2.11 bits per heavy atom. The van der Waals surface area contributed by atoms with E-state index in [1.807, 2.05) is 0 Å². The van der Waals surface area contributed by atoms with E-state index in [9.17, 15) is 9.59 Å². The molecular formula is C19H21N5O4. The SMILES string of the molecule is COCCCNC(=O)c1ccc(-n2[nH]cc(-c3ccnc(OC)c3)c2=O)nc1. The Labute approximate surface area is 161 Å². The lowest BCUT2D eigenvalue weighted by atomic mass is 10.1. The minimum absolute atomic E-state index is 0.224. The molecule has 0 radical (unpaired) electrons. The molecule has 1 amide bonds. The average molecular weight is 383 g/mol. The van der Waals surface area contributed by atoms with Gasteiger partial charge in [-0.2, -0.15) is 0 Å². The molecule has 3 aromatic heterocycles. The number of hydrogen-bond acceptors (Lipinski definition) is 6. The topological polar surface area (TPSA) is 111 Å². The number of carbonyl (C=O) groups is 1. The first kappa shape index (κ1) is 19.3. The summed E-state index contributed by atoms with van der Waals surface area (Å²) in [4.78, 5) is 33.1. The number of aromatic amines is 1. The van der Waals surface area contributed by atoms with Gasteiger partial charge in [0.15, 0.2) is 5.82 Å². The van der Waals surface area contributed by atoms with Crippen molar-refractivity contribution in [2.24, 2.45) is 0 Å². The second-order valence-electron chi connectivity index (χ2n) is 5.92. The normalized spacial score (nSPS) is 10.6. The van der Waals surface area contributed by atoms with Crippen LogP contribution in [-0.4, -0.2) is 53.0 Å². The summed E-state index contributed by atoms with van der Waals surface area (Å²) in [5.74, 6) is 0.579. The molecule has 0 aliphatic carbocycles. The van der Waals surface area contributed by atoms with Crippen molar-refractivity contribution >= 4 is 5.91 Å². The number of H-pyrrole nitrogens is 1. The quantitative estimate of drug-likeness (QED) is 0.569. The highest BCUT2D eigenvalue weighted by Gasteiger charge is 2.13. The van der Waals surface area contributed by atoms with Crippen molar-refractivity contribution < 1.29 is 14.3 Å². The Morgan fingerprint density at radius 3 is 2.82 bits per heavy atom. The first-order valence-corrected chi connectivity index (χ1v) is 8.68. The summed E-state index contributed by atoms with van der Waals surface area (Å²) in [7, 11) is 3.13. The maximum atomic E-state index is 12.7. The third kappa shape index (κ3) is 4.26. The van der Waals surface area contributed by atoms with Gasteiger partial charge in [-0.1, -0.05) is 0 Å². The molecule has 9 heteroatoms. The molecule has 0 saturated heterocycles. The zero-order valence-electron chi connectivity index (χ0n) is 15.6. The van der Waals surface area contributed by atoms with Gasteiger partial charge in [0.2, 0.25) is 5.88 Å². The van der Waals surface area contributed by atoms with Gasteiger partial charge in [-0.15, -0.1) is 0 Å². The van der Waals surface area contributed by atoms with E-state index in [0.29, 0.717) is 41.5 Å². The highest BCUT2D eigenvalue weighted by molar-refractivity contribution is 5.93. The van der Waals surface area contributed by atoms with Crippen molar-refractivity contribution in [1.82, 2.24) is 25.1 Å². The summed E-state index contributed by atoms with van der Waals surface area (Å²) < 4.78 is 11.3. The van der Waals surface area contributed by atoms with E-state index >= 15 is 0 Å². The smallest absolute Gasteiger partial charge is 0.280 e. The van der Waals surface area contributed by atoms with Gasteiger partial charge in [-0.05, 0) is 30.2 Å². The molecule has 0 saturated carbocycles. The highest BCUT2D eigenvalue weighted by Crippen LogP contribution is 2.19. The van der Waals surface area contributed by atoms with Gasteiger partial charge < -0.3 is 14.8 Å². The summed E-state index contributed by atoms with van der Waals surface area (Å²) in [5, 5.41) is 5.68. The first-order valence-electron chi connectivity index (χ1n) is 8.68. The van der Waals surface area contributed by atoms with E-state index in [4.69, 9.17) is 9.47 Å². The van der Waals surface area contributed by atoms with Crippen molar-refractivity contribution in [2.75, 3.05) is 27.4 Å². The summed E-state index contributed by atoms with van der Waals surface area (Å²) in [5.41, 5.74) is 1.29. The number of nitrogens with one attached hydrogen (secondary N) is 2. The number of methoxy groups -OCH3 is 2. The molecular weight excluding hydrogens is 362 g/mol. The van der Waals surface area contributed by atoms with Crippen LogP contribution < -0.4 is 15.6 Å². The Morgan fingerprint density at radius 1 is 1.25 bits per heavy atom. The molecule has 3 heterocycles. The summed E-state index contributed by atoms with van der Waals surface area (Å²) >= 11 is 0. The molecule has 0 aromatic carbocycles. The minimum Gasteiger partial charge on any atom is -0.481 e. The van der Waals surface area contributed by atoms with Gasteiger partial charge in [0.25, 0.3) is 11.5 Å². The second kappa shape index (κ2) is 8.96. The van der Waals surface area contributed by atoms with Crippen molar-refractivity contribution in [2.45, 2.75) is 6.42 Å². The van der Waals surface area contributed by atoms with Gasteiger partial charge >= 0.3 is 0 Å². The van der Waals surface area contributed by atoms with Crippen molar-refractivity contribution in [3.63, 3.8) is 0 Å². The summed E-state index contributed by atoms with van der Waals surface area (Å²) in [6.07, 6.45) is 5.33. The van der Waals surface area contributed by atoms with E-state index in [0.717, 1.165) is 6.42 Å². The number of rotatable bonds is 8. The standard InChI is InChI=1S/C19H21N5O4/c1-27-9-3-7-21-18(25)14-4-5-16(22-11-14)24-19(26)15(12-23-24)13-6-8-20-17(10-13)28-2/h4-6,8,10-12,23H,3,7,9H2,1-2H3,(H,21,25). The number of hydrogen-bond donors (Lipinski definition) is 2. The predicted molar refractivity (Wildman–Crippen MR) is 103 cm³/mol. The van der Waals surface area contributed by atoms with Gasteiger partial charge in [-0.3, -0.25) is 14.7 Å². The molecule has 28 heavy (non-hydrogen) atoms. The number of pyridine rings is 2. The maximum absolute atomic E-state index is 12.7. The molecule has 146 valence electrons. The number of ether oxygens (including phenoxy) is 2. The van der Waals surface area contributed by atoms with Crippen LogP contribution in [0.4, 0.5) is 0 Å². The van der Waals surface area contributed by atoms with E-state index < -0.39 is 0 Å². The fourth-order valence-electron chi connectivity index (χ4n) is 2.61. The molecule has 9 nitrogen and oxygen atoms in total. The van der Waals surface area contributed by atoms with Crippen LogP contribution in [0.15, 0.2) is 47.7 Å². The lowest BCUT2D eigenvalue weighted by Crippen LogP contribution is -2.25. The highest BCUT2D eigenvalue weighted by atomic mass is 16.5. The molecule has 0 unspecified atom stereocenters. The van der Waals surface area contributed by atoms with Gasteiger partial charge in [0.05, 0.1) is 18.2 Å². The van der Waals surface area contributed by atoms with Crippen molar-refractivity contribution in [3.05, 3.63) is 58.8 Å². The van der Waals surface area contributed by atoms with Crippen LogP contribution >= 0.6 is 0 Å². The molecule has 0 aliphatic heterocycles. The molecule has 0 fully saturated rings. The van der Waals surface area contributed by atoms with E-state index in [1.54, 1.807) is 43.8 Å². The average Bonchev–Trinajstić information content (AvgIpc) is 3.12. The van der Waals surface area contributed by atoms with Gasteiger partial charge in [-0.25, -0.2) is 14.6 Å². The van der Waals surface area contributed by atoms with Crippen LogP contribution in [0.3, 0.4) is 0 Å².